The van der Waals surface area contributed by atoms with Crippen molar-refractivity contribution in [1.29, 1.82) is 0 Å². The Hall–Kier alpha value is 0.0401. The van der Waals surface area contributed by atoms with Crippen LogP contribution in [0.5, 0.6) is 0 Å². The maximum atomic E-state index is 10.0. The number of aliphatic hydroxyl groups is 1. The summed E-state index contributed by atoms with van der Waals surface area (Å²) in [6.45, 7) is 2.85. The van der Waals surface area contributed by atoms with Gasteiger partial charge < -0.3 is 10.6 Å². The van der Waals surface area contributed by atoms with Gasteiger partial charge in [-0.15, -0.1) is 0 Å². The van der Waals surface area contributed by atoms with E-state index in [1.165, 1.54) is 19.9 Å². The predicted molar refractivity (Wildman–Crippen MR) is 30.7 cm³/mol. The molecular weight excluding hydrogens is 153 g/mol. The Morgan fingerprint density at radius 1 is 1.44 bits per heavy atom. The molecule has 0 heterocycles. The third kappa shape index (κ3) is 18.0. The van der Waals surface area contributed by atoms with Gasteiger partial charge in [0.25, 0.3) is 0 Å². The molecule has 9 heavy (non-hydrogen) atoms. The number of carbonyl (C=O) groups is 1. The molecule has 0 saturated carbocycles. The van der Waals surface area contributed by atoms with E-state index in [1.807, 2.05) is 0 Å². The van der Waals surface area contributed by atoms with Crippen molar-refractivity contribution in [3.63, 3.8) is 0 Å². The van der Waals surface area contributed by atoms with Crippen LogP contribution in [0.4, 0.5) is 0 Å². The van der Waals surface area contributed by atoms with Crippen molar-refractivity contribution in [3.05, 3.63) is 11.8 Å². The van der Waals surface area contributed by atoms with Crippen LogP contribution in [0.1, 0.15) is 13.8 Å². The minimum absolute atomic E-state index is 0. The molecule has 0 aliphatic carbocycles. The minimum atomic E-state index is -0.125. The second kappa shape index (κ2) is 8.04. The topological polar surface area (TPSA) is 68.8 Å². The minimum Gasteiger partial charge on any atom is -0.512 e. The van der Waals surface area contributed by atoms with E-state index in [0.717, 1.165) is 0 Å². The molecule has 3 N–H and O–H groups in total. The second-order valence-electron chi connectivity index (χ2n) is 1.40. The third-order valence-corrected chi connectivity index (χ3v) is 0.412. The fourth-order valence-corrected chi connectivity index (χ4v) is 0.294. The van der Waals surface area contributed by atoms with Crippen molar-refractivity contribution in [1.82, 2.24) is 0 Å². The Kier molecular flexibility index (Phi) is 14.3. The first-order valence-electron chi connectivity index (χ1n) is 2.01. The molecule has 0 aliphatic rings. The Morgan fingerprint density at radius 2 is 1.78 bits per heavy atom. The summed E-state index contributed by atoms with van der Waals surface area (Å²) in [6.07, 6.45) is 1.17. The van der Waals surface area contributed by atoms with Gasteiger partial charge in [-0.1, -0.05) is 0 Å². The summed E-state index contributed by atoms with van der Waals surface area (Å²) in [7, 11) is 0. The van der Waals surface area contributed by atoms with E-state index < -0.39 is 0 Å². The van der Waals surface area contributed by atoms with Gasteiger partial charge in [0.05, 0.1) is 5.76 Å². The van der Waals surface area contributed by atoms with Gasteiger partial charge in [0.15, 0.2) is 5.78 Å². The molecule has 0 saturated heterocycles. The van der Waals surface area contributed by atoms with Crippen LogP contribution < -0.4 is 0 Å². The first-order valence-corrected chi connectivity index (χ1v) is 2.01. The molecule has 0 rings (SSSR count). The van der Waals surface area contributed by atoms with Gasteiger partial charge in [0, 0.05) is 31.9 Å². The molecule has 1 radical (unpaired) electrons. The summed E-state index contributed by atoms with van der Waals surface area (Å²) >= 11 is 0. The SMILES string of the molecule is CC(=O)/C=C(/C)O.O.[Sc]. The van der Waals surface area contributed by atoms with Crippen LogP contribution in [0.25, 0.3) is 0 Å². The smallest absolute Gasteiger partial charge is 0.155 e. The van der Waals surface area contributed by atoms with Gasteiger partial charge >= 0.3 is 0 Å². The summed E-state index contributed by atoms with van der Waals surface area (Å²) in [5, 5.41) is 8.36. The first kappa shape index (κ1) is 16.0. The average Bonchev–Trinajstić information content (AvgIpc) is 1.27. The second-order valence-corrected chi connectivity index (χ2v) is 1.40. The van der Waals surface area contributed by atoms with E-state index in [1.54, 1.807) is 0 Å². The zero-order chi connectivity index (χ0) is 5.86. The largest absolute Gasteiger partial charge is 0.512 e. The summed E-state index contributed by atoms with van der Waals surface area (Å²) < 4.78 is 0. The number of hydrogen-bond donors (Lipinski definition) is 1. The van der Waals surface area contributed by atoms with Gasteiger partial charge in [-0.2, -0.15) is 0 Å². The summed E-state index contributed by atoms with van der Waals surface area (Å²) in [5.74, 6) is -0.0625. The van der Waals surface area contributed by atoms with Crippen LogP contribution >= 0.6 is 0 Å². The number of ketones is 1. The van der Waals surface area contributed by atoms with Crippen molar-refractivity contribution in [2.45, 2.75) is 13.8 Å². The van der Waals surface area contributed by atoms with Crippen LogP contribution in [-0.2, 0) is 30.6 Å². The van der Waals surface area contributed by atoms with Gasteiger partial charge in [-0.3, -0.25) is 4.79 Å². The normalized spacial score (nSPS) is 8.89. The predicted octanol–water partition coefficient (Wildman–Crippen LogP) is 0.210. The van der Waals surface area contributed by atoms with Crippen molar-refractivity contribution in [2.24, 2.45) is 0 Å². The van der Waals surface area contributed by atoms with Crippen LogP contribution in [0, 0.1) is 0 Å². The van der Waals surface area contributed by atoms with Gasteiger partial charge in [-0.05, 0) is 13.8 Å². The molecule has 0 amide bonds. The Balaban J connectivity index is -0.000000180. The maximum Gasteiger partial charge on any atom is 0.155 e. The number of carbonyl (C=O) groups excluding carboxylic acids is 1. The number of hydrogen-bond acceptors (Lipinski definition) is 2. The van der Waals surface area contributed by atoms with E-state index in [9.17, 15) is 4.79 Å². The fraction of sp³-hybridized carbons (Fsp3) is 0.400. The van der Waals surface area contributed by atoms with Crippen LogP contribution in [0.15, 0.2) is 11.8 Å². The van der Waals surface area contributed by atoms with E-state index in [-0.39, 0.29) is 42.9 Å². The quantitative estimate of drug-likeness (QED) is 0.443. The van der Waals surface area contributed by atoms with Crippen molar-refractivity contribution >= 4 is 5.78 Å². The molecule has 0 aliphatic heterocycles. The molecule has 4 heteroatoms. The summed E-state index contributed by atoms with van der Waals surface area (Å²) in [5.41, 5.74) is 0. The zero-order valence-corrected chi connectivity index (χ0v) is 7.31. The van der Waals surface area contributed by atoms with Crippen LogP contribution in [-0.4, -0.2) is 16.4 Å². The Bertz CT molecular complexity index is 105. The fourth-order valence-electron chi connectivity index (χ4n) is 0.294. The van der Waals surface area contributed by atoms with Crippen molar-refractivity contribution in [3.8, 4) is 0 Å². The molecule has 0 aromatic carbocycles. The molecule has 0 spiro atoms. The first-order chi connectivity index (χ1) is 3.13. The van der Waals surface area contributed by atoms with Gasteiger partial charge in [0.1, 0.15) is 0 Å². The molecular formula is C5H10O3Sc. The molecule has 0 aromatic heterocycles. The average molecular weight is 163 g/mol. The number of allylic oxidation sites excluding steroid dienone is 2. The number of rotatable bonds is 1. The van der Waals surface area contributed by atoms with E-state index in [4.69, 9.17) is 5.11 Å². The van der Waals surface area contributed by atoms with Crippen molar-refractivity contribution < 1.29 is 41.2 Å². The summed E-state index contributed by atoms with van der Waals surface area (Å²) in [4.78, 5) is 10.0. The molecule has 0 fully saturated rings. The number of aliphatic hydroxyl groups excluding tert-OH is 1. The van der Waals surface area contributed by atoms with Crippen LogP contribution in [0.2, 0.25) is 0 Å². The molecule has 0 aromatic rings. The third-order valence-electron chi connectivity index (χ3n) is 0.412. The molecule has 0 atom stereocenters. The van der Waals surface area contributed by atoms with Gasteiger partial charge in [0.2, 0.25) is 0 Å². The maximum absolute atomic E-state index is 10.0. The Morgan fingerprint density at radius 3 is 1.78 bits per heavy atom. The van der Waals surface area contributed by atoms with Crippen molar-refractivity contribution in [2.75, 3.05) is 0 Å². The molecule has 0 unspecified atom stereocenters. The Labute approximate surface area is 72.9 Å². The van der Waals surface area contributed by atoms with E-state index in [2.05, 4.69) is 0 Å². The standard InChI is InChI=1S/C5H8O2.H2O.Sc/c1-4(6)3-5(2)7;;/h3,6H,1-2H3;1H2;/b4-3-;;. The summed E-state index contributed by atoms with van der Waals surface area (Å²) in [6, 6.07) is 0. The molecule has 3 nitrogen and oxygen atoms in total. The monoisotopic (exact) mass is 163 g/mol. The molecule has 0 bridgehead atoms. The van der Waals surface area contributed by atoms with E-state index in [0.29, 0.717) is 0 Å². The van der Waals surface area contributed by atoms with Gasteiger partial charge in [-0.25, -0.2) is 0 Å². The molecule has 51 valence electrons. The van der Waals surface area contributed by atoms with Crippen LogP contribution in [0.3, 0.4) is 0 Å². The zero-order valence-electron chi connectivity index (χ0n) is 5.51. The van der Waals surface area contributed by atoms with E-state index >= 15 is 0 Å².